The molecule has 2 aromatic heterocycles. The zero-order valence-electron chi connectivity index (χ0n) is 16.1. The quantitative estimate of drug-likeness (QED) is 0.464. The maximum atomic E-state index is 13.1. The number of nitrogens with one attached hydrogen (secondary N) is 1. The number of aryl methyl sites for hydroxylation is 1. The Balaban J connectivity index is 1.91. The van der Waals surface area contributed by atoms with Gasteiger partial charge in [-0.1, -0.05) is 67.6 Å². The predicted octanol–water partition coefficient (Wildman–Crippen LogP) is 5.25. The second kappa shape index (κ2) is 7.93. The third kappa shape index (κ3) is 3.67. The molecule has 2 aromatic carbocycles. The van der Waals surface area contributed by atoms with Crippen LogP contribution >= 0.6 is 11.3 Å². The molecule has 5 nitrogen and oxygen atoms in total. The van der Waals surface area contributed by atoms with E-state index < -0.39 is 0 Å². The van der Waals surface area contributed by atoms with Crippen molar-refractivity contribution in [2.24, 2.45) is 0 Å². The highest BCUT2D eigenvalue weighted by Crippen LogP contribution is 2.36. The Hall–Kier alpha value is -3.38. The van der Waals surface area contributed by atoms with E-state index >= 15 is 0 Å². The second-order valence-corrected chi connectivity index (χ2v) is 7.59. The number of carbonyl (C=O) groups is 2. The molecule has 0 aliphatic carbocycles. The van der Waals surface area contributed by atoms with Crippen LogP contribution < -0.4 is 5.32 Å². The monoisotopic (exact) mass is 401 g/mol. The molecule has 0 saturated heterocycles. The van der Waals surface area contributed by atoms with E-state index in [1.165, 1.54) is 11.3 Å². The first-order valence-corrected chi connectivity index (χ1v) is 10.2. The third-order valence-corrected chi connectivity index (χ3v) is 5.83. The summed E-state index contributed by atoms with van der Waals surface area (Å²) in [6, 6.07) is 18.8. The van der Waals surface area contributed by atoms with Crippen molar-refractivity contribution in [3.05, 3.63) is 76.7 Å². The van der Waals surface area contributed by atoms with Gasteiger partial charge >= 0.3 is 0 Å². The minimum atomic E-state index is -0.134. The number of amides is 1. The van der Waals surface area contributed by atoms with Crippen LogP contribution in [0, 0.1) is 6.92 Å². The average molecular weight is 401 g/mol. The molecule has 4 aromatic rings. The lowest BCUT2D eigenvalue weighted by molar-refractivity contribution is -0.115. The number of aromatic nitrogens is 2. The summed E-state index contributed by atoms with van der Waals surface area (Å²) >= 11 is 1.33. The van der Waals surface area contributed by atoms with E-state index in [-0.39, 0.29) is 11.7 Å². The average Bonchev–Trinajstić information content (AvgIpc) is 3.11. The van der Waals surface area contributed by atoms with Gasteiger partial charge < -0.3 is 5.32 Å². The molecule has 1 amide bonds. The van der Waals surface area contributed by atoms with E-state index in [9.17, 15) is 9.59 Å². The van der Waals surface area contributed by atoms with Gasteiger partial charge in [-0.05, 0) is 12.5 Å². The van der Waals surface area contributed by atoms with Crippen molar-refractivity contribution in [3.63, 3.8) is 0 Å². The van der Waals surface area contributed by atoms with Crippen LogP contribution in [-0.4, -0.2) is 21.7 Å². The summed E-state index contributed by atoms with van der Waals surface area (Å²) in [5, 5.41) is 3.60. The number of carbonyl (C=O) groups excluding carboxylic acids is 2. The van der Waals surface area contributed by atoms with Crippen molar-refractivity contribution >= 4 is 39.1 Å². The molecule has 1 N–H and O–H groups in total. The fraction of sp³-hybridized carbons (Fsp3) is 0.130. The van der Waals surface area contributed by atoms with Gasteiger partial charge in [-0.25, -0.2) is 9.97 Å². The number of hydrogen-bond donors (Lipinski definition) is 1. The van der Waals surface area contributed by atoms with Crippen LogP contribution in [0.1, 0.15) is 34.1 Å². The predicted molar refractivity (Wildman–Crippen MR) is 116 cm³/mol. The lowest BCUT2D eigenvalue weighted by Crippen LogP contribution is -2.12. The van der Waals surface area contributed by atoms with Crippen LogP contribution in [0.3, 0.4) is 0 Å². The molecule has 0 aliphatic heterocycles. The SMILES string of the molecule is CCC(=O)Nc1nc(-c2ccccc2)nc2sc(C(=O)c3ccccc3)c(C)c12. The third-order valence-electron chi connectivity index (χ3n) is 4.64. The lowest BCUT2D eigenvalue weighted by Gasteiger charge is -2.08. The van der Waals surface area contributed by atoms with E-state index in [1.54, 1.807) is 19.1 Å². The summed E-state index contributed by atoms with van der Waals surface area (Å²) in [7, 11) is 0. The number of nitrogens with zero attached hydrogens (tertiary/aromatic N) is 2. The molecule has 144 valence electrons. The molecular formula is C23H19N3O2S. The van der Waals surface area contributed by atoms with Gasteiger partial charge in [0.05, 0.1) is 10.3 Å². The lowest BCUT2D eigenvalue weighted by atomic mass is 10.1. The molecule has 2 heterocycles. The molecule has 0 unspecified atom stereocenters. The highest BCUT2D eigenvalue weighted by molar-refractivity contribution is 7.21. The molecule has 0 aliphatic rings. The van der Waals surface area contributed by atoms with Crippen molar-refractivity contribution in [3.8, 4) is 11.4 Å². The number of thiophene rings is 1. The maximum absolute atomic E-state index is 13.1. The molecule has 0 saturated carbocycles. The van der Waals surface area contributed by atoms with Gasteiger partial charge in [0.15, 0.2) is 5.82 Å². The fourth-order valence-corrected chi connectivity index (χ4v) is 4.25. The van der Waals surface area contributed by atoms with Gasteiger partial charge in [0.25, 0.3) is 0 Å². The van der Waals surface area contributed by atoms with Crippen molar-refractivity contribution in [1.29, 1.82) is 0 Å². The molecule has 0 radical (unpaired) electrons. The van der Waals surface area contributed by atoms with E-state index in [0.29, 0.717) is 33.3 Å². The molecule has 6 heteroatoms. The van der Waals surface area contributed by atoms with Crippen LogP contribution in [-0.2, 0) is 4.79 Å². The number of benzene rings is 2. The minimum Gasteiger partial charge on any atom is -0.310 e. The highest BCUT2D eigenvalue weighted by atomic mass is 32.1. The van der Waals surface area contributed by atoms with Crippen molar-refractivity contribution in [2.75, 3.05) is 5.32 Å². The summed E-state index contributed by atoms with van der Waals surface area (Å²) in [5.41, 5.74) is 2.26. The van der Waals surface area contributed by atoms with Gasteiger partial charge in [0.2, 0.25) is 11.7 Å². The number of rotatable bonds is 5. The first-order valence-electron chi connectivity index (χ1n) is 9.34. The molecule has 0 spiro atoms. The standard InChI is InChI=1S/C23H19N3O2S/c1-3-17(27)24-22-18-14(2)20(19(28)15-10-6-4-7-11-15)29-23(18)26-21(25-22)16-12-8-5-9-13-16/h4-13H,3H2,1-2H3,(H,24,25,26,27). The van der Waals surface area contributed by atoms with Gasteiger partial charge in [-0.2, -0.15) is 0 Å². The summed E-state index contributed by atoms with van der Waals surface area (Å²) in [5.74, 6) is 0.775. The Morgan fingerprint density at radius 3 is 2.28 bits per heavy atom. The Morgan fingerprint density at radius 2 is 1.62 bits per heavy atom. The minimum absolute atomic E-state index is 0.0554. The van der Waals surface area contributed by atoms with Gasteiger partial charge in [0, 0.05) is 17.5 Å². The van der Waals surface area contributed by atoms with Crippen LogP contribution in [0.5, 0.6) is 0 Å². The van der Waals surface area contributed by atoms with Crippen LogP contribution in [0.15, 0.2) is 60.7 Å². The fourth-order valence-electron chi connectivity index (χ4n) is 3.10. The van der Waals surface area contributed by atoms with Crippen LogP contribution in [0.4, 0.5) is 5.82 Å². The van der Waals surface area contributed by atoms with Crippen LogP contribution in [0.25, 0.3) is 21.6 Å². The zero-order chi connectivity index (χ0) is 20.4. The first kappa shape index (κ1) is 19.0. The number of ketones is 1. The normalized spacial score (nSPS) is 10.8. The van der Waals surface area contributed by atoms with Gasteiger partial charge in [0.1, 0.15) is 10.6 Å². The van der Waals surface area contributed by atoms with Gasteiger partial charge in [-0.15, -0.1) is 11.3 Å². The maximum Gasteiger partial charge on any atom is 0.225 e. The highest BCUT2D eigenvalue weighted by Gasteiger charge is 2.22. The molecule has 0 bridgehead atoms. The number of anilines is 1. The van der Waals surface area contributed by atoms with Crippen molar-refractivity contribution in [1.82, 2.24) is 9.97 Å². The summed E-state index contributed by atoms with van der Waals surface area (Å²) in [6.07, 6.45) is 0.338. The topological polar surface area (TPSA) is 72.0 Å². The van der Waals surface area contributed by atoms with Crippen molar-refractivity contribution < 1.29 is 9.59 Å². The van der Waals surface area contributed by atoms with E-state index in [4.69, 9.17) is 4.98 Å². The smallest absolute Gasteiger partial charge is 0.225 e. The molecule has 29 heavy (non-hydrogen) atoms. The first-order chi connectivity index (χ1) is 14.1. The second-order valence-electron chi connectivity index (χ2n) is 6.60. The van der Waals surface area contributed by atoms with E-state index in [1.807, 2.05) is 55.5 Å². The zero-order valence-corrected chi connectivity index (χ0v) is 16.9. The Bertz CT molecular complexity index is 1200. The van der Waals surface area contributed by atoms with E-state index in [0.717, 1.165) is 16.5 Å². The molecule has 0 fully saturated rings. The summed E-state index contributed by atoms with van der Waals surface area (Å²) < 4.78 is 0. The summed E-state index contributed by atoms with van der Waals surface area (Å²) in [6.45, 7) is 3.67. The largest absolute Gasteiger partial charge is 0.310 e. The summed E-state index contributed by atoms with van der Waals surface area (Å²) in [4.78, 5) is 35.8. The molecule has 4 rings (SSSR count). The Morgan fingerprint density at radius 1 is 0.966 bits per heavy atom. The number of fused-ring (bicyclic) bond motifs is 1. The van der Waals surface area contributed by atoms with Crippen molar-refractivity contribution in [2.45, 2.75) is 20.3 Å². The number of hydrogen-bond acceptors (Lipinski definition) is 5. The Labute approximate surface area is 172 Å². The van der Waals surface area contributed by atoms with Gasteiger partial charge in [-0.3, -0.25) is 9.59 Å². The molecule has 0 atom stereocenters. The Kier molecular flexibility index (Phi) is 5.18. The van der Waals surface area contributed by atoms with Crippen LogP contribution in [0.2, 0.25) is 0 Å². The molecular weight excluding hydrogens is 382 g/mol. The van der Waals surface area contributed by atoms with E-state index in [2.05, 4.69) is 10.3 Å².